The molecule has 0 fully saturated rings. The monoisotopic (exact) mass is 226 g/mol. The largest absolute Gasteiger partial charge is 0.481 e. The van der Waals surface area contributed by atoms with Gasteiger partial charge < -0.3 is 5.11 Å². The van der Waals surface area contributed by atoms with Crippen LogP contribution in [0.4, 0.5) is 0 Å². The van der Waals surface area contributed by atoms with E-state index in [1.54, 1.807) is 11.3 Å². The fraction of sp³-hybridized carbons (Fsp3) is 0.583. The molecule has 2 nitrogen and oxygen atoms in total. The van der Waals surface area contributed by atoms with Crippen LogP contribution in [-0.2, 0) is 11.2 Å². The molecule has 1 atom stereocenters. The standard InChI is InChI=1S/C12H18O2S/c1-9(2)12(3,11(13)14)6-4-10-5-7-15-8-10/h5,7-9H,4,6H2,1-3H3,(H,13,14). The van der Waals surface area contributed by atoms with Crippen LogP contribution in [0.1, 0.15) is 32.8 Å². The SMILES string of the molecule is CC(C)C(C)(CCc1ccsc1)C(=O)O. The fourth-order valence-corrected chi connectivity index (χ4v) is 2.18. The average Bonchev–Trinajstić information content (AvgIpc) is 2.65. The first-order valence-corrected chi connectivity index (χ1v) is 6.15. The summed E-state index contributed by atoms with van der Waals surface area (Å²) in [6, 6.07) is 2.06. The first kappa shape index (κ1) is 12.2. The Kier molecular flexibility index (Phi) is 3.91. The molecule has 0 aliphatic rings. The van der Waals surface area contributed by atoms with E-state index in [0.29, 0.717) is 6.42 Å². The molecule has 84 valence electrons. The number of hydrogen-bond acceptors (Lipinski definition) is 2. The molecule has 1 aromatic heterocycles. The lowest BCUT2D eigenvalue weighted by Crippen LogP contribution is -2.33. The molecule has 0 saturated carbocycles. The van der Waals surface area contributed by atoms with Crippen molar-refractivity contribution >= 4 is 17.3 Å². The molecule has 1 heterocycles. The van der Waals surface area contributed by atoms with E-state index >= 15 is 0 Å². The molecule has 1 unspecified atom stereocenters. The zero-order chi connectivity index (χ0) is 11.5. The van der Waals surface area contributed by atoms with Crippen LogP contribution < -0.4 is 0 Å². The van der Waals surface area contributed by atoms with Crippen molar-refractivity contribution in [1.82, 2.24) is 0 Å². The van der Waals surface area contributed by atoms with Crippen LogP contribution in [-0.4, -0.2) is 11.1 Å². The van der Waals surface area contributed by atoms with Gasteiger partial charge in [0.2, 0.25) is 0 Å². The Labute approximate surface area is 94.9 Å². The molecule has 0 radical (unpaired) electrons. The minimum absolute atomic E-state index is 0.161. The van der Waals surface area contributed by atoms with Crippen LogP contribution in [0.15, 0.2) is 16.8 Å². The van der Waals surface area contributed by atoms with E-state index in [9.17, 15) is 9.90 Å². The van der Waals surface area contributed by atoms with Gasteiger partial charge in [-0.15, -0.1) is 0 Å². The molecule has 0 bridgehead atoms. The number of aliphatic carboxylic acids is 1. The third kappa shape index (κ3) is 2.81. The maximum Gasteiger partial charge on any atom is 0.309 e. The molecule has 0 amide bonds. The van der Waals surface area contributed by atoms with Gasteiger partial charge in [-0.05, 0) is 48.1 Å². The highest BCUT2D eigenvalue weighted by Crippen LogP contribution is 2.32. The molecule has 3 heteroatoms. The topological polar surface area (TPSA) is 37.3 Å². The van der Waals surface area contributed by atoms with Crippen molar-refractivity contribution < 1.29 is 9.90 Å². The first-order valence-electron chi connectivity index (χ1n) is 5.21. The molecule has 0 spiro atoms. The zero-order valence-electron chi connectivity index (χ0n) is 9.49. The van der Waals surface area contributed by atoms with Crippen LogP contribution in [0.25, 0.3) is 0 Å². The average molecular weight is 226 g/mol. The second kappa shape index (κ2) is 4.79. The Morgan fingerprint density at radius 3 is 2.67 bits per heavy atom. The van der Waals surface area contributed by atoms with E-state index < -0.39 is 11.4 Å². The van der Waals surface area contributed by atoms with E-state index in [1.165, 1.54) is 5.56 Å². The van der Waals surface area contributed by atoms with Gasteiger partial charge in [0.25, 0.3) is 0 Å². The van der Waals surface area contributed by atoms with Crippen molar-refractivity contribution in [2.24, 2.45) is 11.3 Å². The first-order chi connectivity index (χ1) is 6.97. The van der Waals surface area contributed by atoms with E-state index in [1.807, 2.05) is 26.2 Å². The lowest BCUT2D eigenvalue weighted by molar-refractivity contribution is -0.151. The second-order valence-corrected chi connectivity index (χ2v) is 5.29. The van der Waals surface area contributed by atoms with Crippen molar-refractivity contribution in [1.29, 1.82) is 0 Å². The van der Waals surface area contributed by atoms with E-state index in [0.717, 1.165) is 6.42 Å². The van der Waals surface area contributed by atoms with Gasteiger partial charge in [0, 0.05) is 0 Å². The van der Waals surface area contributed by atoms with Crippen molar-refractivity contribution in [3.63, 3.8) is 0 Å². The van der Waals surface area contributed by atoms with Gasteiger partial charge in [-0.2, -0.15) is 11.3 Å². The number of carboxylic acid groups (broad SMARTS) is 1. The minimum Gasteiger partial charge on any atom is -0.481 e. The summed E-state index contributed by atoms with van der Waals surface area (Å²) in [6.45, 7) is 5.79. The maximum absolute atomic E-state index is 11.2. The highest BCUT2D eigenvalue weighted by molar-refractivity contribution is 7.07. The van der Waals surface area contributed by atoms with Crippen molar-refractivity contribution in [3.8, 4) is 0 Å². The molecule has 0 aromatic carbocycles. The smallest absolute Gasteiger partial charge is 0.309 e. The van der Waals surface area contributed by atoms with Crippen LogP contribution in [0.2, 0.25) is 0 Å². The predicted octanol–water partition coefficient (Wildman–Crippen LogP) is 3.43. The molecule has 0 aliphatic carbocycles. The lowest BCUT2D eigenvalue weighted by Gasteiger charge is -2.28. The quantitative estimate of drug-likeness (QED) is 0.835. The molecule has 1 N–H and O–H groups in total. The van der Waals surface area contributed by atoms with Crippen LogP contribution in [0, 0.1) is 11.3 Å². The highest BCUT2D eigenvalue weighted by atomic mass is 32.1. The van der Waals surface area contributed by atoms with Gasteiger partial charge in [0.05, 0.1) is 5.41 Å². The third-order valence-corrected chi connectivity index (χ3v) is 4.01. The van der Waals surface area contributed by atoms with Crippen molar-refractivity contribution in [3.05, 3.63) is 22.4 Å². The Hall–Kier alpha value is -0.830. The molecular weight excluding hydrogens is 208 g/mol. The van der Waals surface area contributed by atoms with E-state index in [2.05, 4.69) is 11.4 Å². The molecule has 1 aromatic rings. The number of hydrogen-bond donors (Lipinski definition) is 1. The summed E-state index contributed by atoms with van der Waals surface area (Å²) in [6.07, 6.45) is 1.56. The molecule has 0 aliphatic heterocycles. The molecule has 15 heavy (non-hydrogen) atoms. The maximum atomic E-state index is 11.2. The Morgan fingerprint density at radius 2 is 2.27 bits per heavy atom. The van der Waals surface area contributed by atoms with Gasteiger partial charge in [-0.25, -0.2) is 0 Å². The van der Waals surface area contributed by atoms with E-state index in [4.69, 9.17) is 0 Å². The number of aryl methyl sites for hydroxylation is 1. The fourth-order valence-electron chi connectivity index (χ4n) is 1.48. The zero-order valence-corrected chi connectivity index (χ0v) is 10.3. The third-order valence-electron chi connectivity index (χ3n) is 3.28. The normalized spacial score (nSPS) is 15.2. The summed E-state index contributed by atoms with van der Waals surface area (Å²) < 4.78 is 0. The van der Waals surface area contributed by atoms with Gasteiger partial charge in [0.15, 0.2) is 0 Å². The van der Waals surface area contributed by atoms with Crippen LogP contribution in [0.3, 0.4) is 0 Å². The van der Waals surface area contributed by atoms with Gasteiger partial charge in [-0.3, -0.25) is 4.79 Å². The summed E-state index contributed by atoms with van der Waals surface area (Å²) in [5, 5.41) is 13.4. The van der Waals surface area contributed by atoms with Gasteiger partial charge in [0.1, 0.15) is 0 Å². The number of rotatable bonds is 5. The van der Waals surface area contributed by atoms with Gasteiger partial charge >= 0.3 is 5.97 Å². The van der Waals surface area contributed by atoms with Crippen LogP contribution >= 0.6 is 11.3 Å². The summed E-state index contributed by atoms with van der Waals surface area (Å²) in [5.41, 5.74) is 0.634. The Morgan fingerprint density at radius 1 is 1.60 bits per heavy atom. The lowest BCUT2D eigenvalue weighted by atomic mass is 9.75. The molecule has 1 rings (SSSR count). The minimum atomic E-state index is -0.687. The van der Waals surface area contributed by atoms with Crippen LogP contribution in [0.5, 0.6) is 0 Å². The Bertz CT molecular complexity index is 316. The number of carbonyl (C=O) groups is 1. The van der Waals surface area contributed by atoms with Gasteiger partial charge in [-0.1, -0.05) is 13.8 Å². The van der Waals surface area contributed by atoms with Crippen molar-refractivity contribution in [2.75, 3.05) is 0 Å². The van der Waals surface area contributed by atoms with Crippen molar-refractivity contribution in [2.45, 2.75) is 33.6 Å². The number of carboxylic acids is 1. The summed E-state index contributed by atoms with van der Waals surface area (Å²) in [5.74, 6) is -0.527. The summed E-state index contributed by atoms with van der Waals surface area (Å²) >= 11 is 1.66. The summed E-state index contributed by atoms with van der Waals surface area (Å²) in [4.78, 5) is 11.2. The Balaban J connectivity index is 2.64. The molecule has 0 saturated heterocycles. The number of thiophene rings is 1. The second-order valence-electron chi connectivity index (χ2n) is 4.51. The molecular formula is C12H18O2S. The van der Waals surface area contributed by atoms with E-state index in [-0.39, 0.29) is 5.92 Å². The highest BCUT2D eigenvalue weighted by Gasteiger charge is 2.35. The summed E-state index contributed by atoms with van der Waals surface area (Å²) in [7, 11) is 0. The predicted molar refractivity (Wildman–Crippen MR) is 63.2 cm³/mol.